The van der Waals surface area contributed by atoms with E-state index < -0.39 is 5.97 Å². The van der Waals surface area contributed by atoms with E-state index in [1.165, 1.54) is 7.11 Å². The third-order valence-electron chi connectivity index (χ3n) is 4.80. The number of aromatic carboxylic acids is 1. The molecule has 0 radical (unpaired) electrons. The zero-order valence-corrected chi connectivity index (χ0v) is 19.1. The number of nitrogens with one attached hydrogen (secondary N) is 1. The Morgan fingerprint density at radius 3 is 2.32 bits per heavy atom. The van der Waals surface area contributed by atoms with Crippen LogP contribution in [0.5, 0.6) is 11.5 Å². The van der Waals surface area contributed by atoms with E-state index >= 15 is 0 Å². The second-order valence-corrected chi connectivity index (χ2v) is 7.94. The van der Waals surface area contributed by atoms with Crippen molar-refractivity contribution in [3.05, 3.63) is 85.9 Å². The fourth-order valence-corrected chi connectivity index (χ4v) is 3.78. The Labute approximate surface area is 195 Å². The molecule has 3 aromatic rings. The third kappa shape index (κ3) is 5.37. The molecule has 0 bridgehead atoms. The molecule has 0 amide bonds. The first-order valence-electron chi connectivity index (χ1n) is 9.30. The van der Waals surface area contributed by atoms with Crippen LogP contribution < -0.4 is 14.8 Å². The number of benzene rings is 3. The molecule has 0 heterocycles. The van der Waals surface area contributed by atoms with Crippen LogP contribution in [0.4, 0.5) is 5.69 Å². The normalized spacial score (nSPS) is 10.6. The van der Waals surface area contributed by atoms with Crippen molar-refractivity contribution in [1.29, 1.82) is 0 Å². The summed E-state index contributed by atoms with van der Waals surface area (Å²) < 4.78 is 11.3. The molecule has 0 aliphatic rings. The van der Waals surface area contributed by atoms with Gasteiger partial charge in [-0.25, -0.2) is 4.79 Å². The summed E-state index contributed by atoms with van der Waals surface area (Å²) in [5.41, 5.74) is 3.04. The van der Waals surface area contributed by atoms with E-state index in [2.05, 4.69) is 5.32 Å². The molecule has 0 saturated heterocycles. The number of hydrogen-bond donors (Lipinski definition) is 2. The predicted octanol–water partition coefficient (Wildman–Crippen LogP) is 6.85. The molecule has 0 fully saturated rings. The number of ether oxygens (including phenoxy) is 2. The summed E-state index contributed by atoms with van der Waals surface area (Å²) in [6.45, 7) is 2.28. The highest BCUT2D eigenvalue weighted by atomic mass is 35.5. The molecule has 0 saturated carbocycles. The zero-order chi connectivity index (χ0) is 22.5. The van der Waals surface area contributed by atoms with Gasteiger partial charge in [0.25, 0.3) is 0 Å². The lowest BCUT2D eigenvalue weighted by molar-refractivity contribution is 0.0696. The van der Waals surface area contributed by atoms with Gasteiger partial charge < -0.3 is 19.9 Å². The average molecular weight is 481 g/mol. The summed E-state index contributed by atoms with van der Waals surface area (Å²) in [5.74, 6) is -0.0161. The van der Waals surface area contributed by atoms with Gasteiger partial charge in [0.1, 0.15) is 6.61 Å². The number of halogens is 3. The minimum atomic E-state index is -0.971. The van der Waals surface area contributed by atoms with Crippen molar-refractivity contribution in [3.8, 4) is 11.5 Å². The predicted molar refractivity (Wildman–Crippen MR) is 124 cm³/mol. The van der Waals surface area contributed by atoms with Gasteiger partial charge in [0.05, 0.1) is 12.7 Å². The lowest BCUT2D eigenvalue weighted by Crippen LogP contribution is -2.06. The lowest BCUT2D eigenvalue weighted by atomic mass is 10.1. The highest BCUT2D eigenvalue weighted by Crippen LogP contribution is 2.35. The fraction of sp³-hybridized carbons (Fsp3) is 0.174. The monoisotopic (exact) mass is 479 g/mol. The number of methoxy groups -OCH3 is 1. The molecule has 31 heavy (non-hydrogen) atoms. The van der Waals surface area contributed by atoms with Gasteiger partial charge in [-0.05, 0) is 48.4 Å². The molecule has 8 heteroatoms. The zero-order valence-electron chi connectivity index (χ0n) is 16.8. The Morgan fingerprint density at radius 1 is 1.00 bits per heavy atom. The molecule has 3 aromatic carbocycles. The molecule has 5 nitrogen and oxygen atoms in total. The molecule has 0 unspecified atom stereocenters. The van der Waals surface area contributed by atoms with Crippen molar-refractivity contribution in [3.63, 3.8) is 0 Å². The van der Waals surface area contributed by atoms with Gasteiger partial charge >= 0.3 is 5.97 Å². The van der Waals surface area contributed by atoms with Crippen molar-refractivity contribution in [2.45, 2.75) is 20.1 Å². The van der Waals surface area contributed by atoms with Gasteiger partial charge in [0, 0.05) is 38.9 Å². The minimum absolute atomic E-state index is 0.157. The largest absolute Gasteiger partial charge is 0.493 e. The number of carboxylic acids is 1. The maximum atomic E-state index is 11.3. The molecule has 2 N–H and O–H groups in total. The Kier molecular flexibility index (Phi) is 7.55. The standard InChI is InChI=1S/C23H20Cl3NO4/c1-13-15(23(28)29)5-3-8-20(13)27-11-14-9-21(30-2)22(10-19(14)26)31-12-16-17(24)6-4-7-18(16)25/h3-10,27H,11-12H2,1-2H3,(H,28,29). The van der Waals surface area contributed by atoms with Crippen molar-refractivity contribution >= 4 is 46.5 Å². The molecule has 0 aliphatic carbocycles. The Hall–Kier alpha value is -2.60. The van der Waals surface area contributed by atoms with Crippen LogP contribution in [0.3, 0.4) is 0 Å². The number of anilines is 1. The van der Waals surface area contributed by atoms with Crippen molar-refractivity contribution in [1.82, 2.24) is 0 Å². The topological polar surface area (TPSA) is 67.8 Å². The summed E-state index contributed by atoms with van der Waals surface area (Å²) in [7, 11) is 1.54. The van der Waals surface area contributed by atoms with Crippen molar-refractivity contribution < 1.29 is 19.4 Å². The van der Waals surface area contributed by atoms with Gasteiger partial charge in [-0.1, -0.05) is 46.9 Å². The third-order valence-corrected chi connectivity index (χ3v) is 5.86. The van der Waals surface area contributed by atoms with E-state index in [1.807, 2.05) is 6.07 Å². The fourth-order valence-electron chi connectivity index (χ4n) is 3.05. The molecular weight excluding hydrogens is 461 g/mol. The van der Waals surface area contributed by atoms with Crippen LogP contribution in [0.15, 0.2) is 48.5 Å². The highest BCUT2D eigenvalue weighted by molar-refractivity contribution is 6.36. The molecule has 0 aromatic heterocycles. The number of carbonyl (C=O) groups is 1. The van der Waals surface area contributed by atoms with E-state index in [0.29, 0.717) is 49.9 Å². The second-order valence-electron chi connectivity index (χ2n) is 6.72. The molecular formula is C23H20Cl3NO4. The summed E-state index contributed by atoms with van der Waals surface area (Å²) in [5, 5.41) is 14.0. The van der Waals surface area contributed by atoms with Crippen LogP contribution in [0.1, 0.15) is 27.0 Å². The van der Waals surface area contributed by atoms with E-state index in [1.54, 1.807) is 49.4 Å². The van der Waals surface area contributed by atoms with E-state index in [9.17, 15) is 9.90 Å². The Morgan fingerprint density at radius 2 is 1.68 bits per heavy atom. The molecule has 0 atom stereocenters. The minimum Gasteiger partial charge on any atom is -0.493 e. The first-order chi connectivity index (χ1) is 14.8. The summed E-state index contributed by atoms with van der Waals surface area (Å²) >= 11 is 18.9. The Balaban J connectivity index is 1.78. The molecule has 3 rings (SSSR count). The molecule has 162 valence electrons. The first kappa shape index (κ1) is 23.1. The quantitative estimate of drug-likeness (QED) is 0.369. The molecule has 0 spiro atoms. The van der Waals surface area contributed by atoms with Gasteiger partial charge in [-0.3, -0.25) is 0 Å². The van der Waals surface area contributed by atoms with Gasteiger partial charge in [0.2, 0.25) is 0 Å². The van der Waals surface area contributed by atoms with Crippen LogP contribution in [0.25, 0.3) is 0 Å². The Bertz CT molecular complexity index is 1100. The van der Waals surface area contributed by atoms with E-state index in [4.69, 9.17) is 44.3 Å². The summed E-state index contributed by atoms with van der Waals surface area (Å²) in [4.78, 5) is 11.3. The maximum Gasteiger partial charge on any atom is 0.336 e. The van der Waals surface area contributed by atoms with Crippen LogP contribution >= 0.6 is 34.8 Å². The van der Waals surface area contributed by atoms with E-state index in [0.717, 1.165) is 5.56 Å². The number of hydrogen-bond acceptors (Lipinski definition) is 4. The first-order valence-corrected chi connectivity index (χ1v) is 10.4. The van der Waals surface area contributed by atoms with Gasteiger partial charge in [0.15, 0.2) is 11.5 Å². The molecule has 0 aliphatic heterocycles. The lowest BCUT2D eigenvalue weighted by Gasteiger charge is -2.16. The second kappa shape index (κ2) is 10.1. The van der Waals surface area contributed by atoms with E-state index in [-0.39, 0.29) is 12.2 Å². The van der Waals surface area contributed by atoms with Crippen molar-refractivity contribution in [2.24, 2.45) is 0 Å². The smallest absolute Gasteiger partial charge is 0.336 e. The summed E-state index contributed by atoms with van der Waals surface area (Å²) in [6, 6.07) is 13.8. The van der Waals surface area contributed by atoms with Crippen LogP contribution in [-0.4, -0.2) is 18.2 Å². The maximum absolute atomic E-state index is 11.3. The SMILES string of the molecule is COc1cc(CNc2cccc(C(=O)O)c2C)c(Cl)cc1OCc1c(Cl)cccc1Cl. The van der Waals surface area contributed by atoms with Gasteiger partial charge in [-0.15, -0.1) is 0 Å². The number of carboxylic acid groups (broad SMARTS) is 1. The van der Waals surface area contributed by atoms with Crippen molar-refractivity contribution in [2.75, 3.05) is 12.4 Å². The average Bonchev–Trinajstić information content (AvgIpc) is 2.73. The summed E-state index contributed by atoms with van der Waals surface area (Å²) in [6.07, 6.45) is 0. The van der Waals surface area contributed by atoms with Gasteiger partial charge in [-0.2, -0.15) is 0 Å². The van der Waals surface area contributed by atoms with Crippen LogP contribution in [-0.2, 0) is 13.2 Å². The number of rotatable bonds is 8. The van der Waals surface area contributed by atoms with Crippen LogP contribution in [0.2, 0.25) is 15.1 Å². The highest BCUT2D eigenvalue weighted by Gasteiger charge is 2.14. The van der Waals surface area contributed by atoms with Crippen LogP contribution in [0, 0.1) is 6.92 Å².